The number of hydrogen-bond donors (Lipinski definition) is 2. The molecule has 4 nitrogen and oxygen atoms in total. The van der Waals surface area contributed by atoms with E-state index in [0.29, 0.717) is 0 Å². The van der Waals surface area contributed by atoms with Crippen LogP contribution in [0.1, 0.15) is 43.8 Å². The monoisotopic (exact) mass is 270 g/mol. The smallest absolute Gasteiger partial charge is 0.303 e. The van der Waals surface area contributed by atoms with Crippen molar-refractivity contribution in [1.82, 2.24) is 10.3 Å². The van der Waals surface area contributed by atoms with Crippen LogP contribution in [0, 0.1) is 12.3 Å². The fraction of sp³-hybridized carbons (Fsp3) is 0.692. The van der Waals surface area contributed by atoms with Crippen LogP contribution in [0.25, 0.3) is 0 Å². The van der Waals surface area contributed by atoms with Gasteiger partial charge in [-0.05, 0) is 31.7 Å². The van der Waals surface area contributed by atoms with Gasteiger partial charge in [0.1, 0.15) is 5.01 Å². The molecule has 0 aliphatic carbocycles. The molecule has 0 amide bonds. The molecule has 0 radical (unpaired) electrons. The van der Waals surface area contributed by atoms with Crippen molar-refractivity contribution in [3.8, 4) is 0 Å². The molecule has 0 aromatic carbocycles. The van der Waals surface area contributed by atoms with E-state index in [1.165, 1.54) is 0 Å². The summed E-state index contributed by atoms with van der Waals surface area (Å²) in [5, 5.41) is 15.2. The van der Waals surface area contributed by atoms with Gasteiger partial charge in [-0.1, -0.05) is 13.8 Å². The second kappa shape index (κ2) is 6.85. The lowest BCUT2D eigenvalue weighted by atomic mass is 9.84. The minimum Gasteiger partial charge on any atom is -0.481 e. The molecule has 18 heavy (non-hydrogen) atoms. The van der Waals surface area contributed by atoms with E-state index < -0.39 is 5.97 Å². The molecule has 0 aliphatic rings. The summed E-state index contributed by atoms with van der Waals surface area (Å²) in [4.78, 5) is 14.9. The molecule has 2 N–H and O–H groups in total. The fourth-order valence-electron chi connectivity index (χ4n) is 1.68. The topological polar surface area (TPSA) is 62.2 Å². The second-order valence-electron chi connectivity index (χ2n) is 5.37. The predicted octanol–water partition coefficient (Wildman–Crippen LogP) is 2.82. The molecule has 1 aromatic rings. The summed E-state index contributed by atoms with van der Waals surface area (Å²) in [5.41, 5.74) is 1.14. The number of aryl methyl sites for hydroxylation is 1. The van der Waals surface area contributed by atoms with Crippen molar-refractivity contribution in [2.75, 3.05) is 6.54 Å². The quantitative estimate of drug-likeness (QED) is 0.713. The van der Waals surface area contributed by atoms with Crippen molar-refractivity contribution in [2.24, 2.45) is 5.41 Å². The van der Waals surface area contributed by atoms with E-state index in [9.17, 15) is 4.79 Å². The lowest BCUT2D eigenvalue weighted by Crippen LogP contribution is -2.22. The standard InChI is InChI=1S/C13H22N2O2S/c1-10-9-18-11(15-10)8-14-7-6-13(2,3)5-4-12(16)17/h9,14H,4-8H2,1-3H3,(H,16,17). The third kappa shape index (κ3) is 6.12. The van der Waals surface area contributed by atoms with Crippen LogP contribution in [0.3, 0.4) is 0 Å². The van der Waals surface area contributed by atoms with E-state index in [0.717, 1.165) is 36.6 Å². The molecule has 1 rings (SSSR count). The lowest BCUT2D eigenvalue weighted by molar-refractivity contribution is -0.137. The summed E-state index contributed by atoms with van der Waals surface area (Å²) in [6.07, 6.45) is 1.95. The Morgan fingerprint density at radius 1 is 1.50 bits per heavy atom. The molecular formula is C13H22N2O2S. The molecule has 0 spiro atoms. The van der Waals surface area contributed by atoms with Gasteiger partial charge in [-0.3, -0.25) is 4.79 Å². The highest BCUT2D eigenvalue weighted by Crippen LogP contribution is 2.26. The van der Waals surface area contributed by atoms with Crippen LogP contribution >= 0.6 is 11.3 Å². The number of carboxylic acid groups (broad SMARTS) is 1. The minimum absolute atomic E-state index is 0.0736. The largest absolute Gasteiger partial charge is 0.481 e. The number of carboxylic acids is 1. The average Bonchev–Trinajstić information content (AvgIpc) is 2.68. The van der Waals surface area contributed by atoms with Crippen LogP contribution in [-0.4, -0.2) is 22.6 Å². The lowest BCUT2D eigenvalue weighted by Gasteiger charge is -2.23. The van der Waals surface area contributed by atoms with E-state index in [4.69, 9.17) is 5.11 Å². The molecule has 0 saturated carbocycles. The van der Waals surface area contributed by atoms with Crippen LogP contribution in [0.5, 0.6) is 0 Å². The van der Waals surface area contributed by atoms with E-state index >= 15 is 0 Å². The first-order valence-electron chi connectivity index (χ1n) is 6.22. The van der Waals surface area contributed by atoms with Gasteiger partial charge in [-0.25, -0.2) is 4.98 Å². The summed E-state index contributed by atoms with van der Waals surface area (Å²) in [7, 11) is 0. The zero-order chi connectivity index (χ0) is 13.6. The minimum atomic E-state index is -0.714. The summed E-state index contributed by atoms with van der Waals surface area (Å²) >= 11 is 1.67. The van der Waals surface area contributed by atoms with Crippen LogP contribution in [-0.2, 0) is 11.3 Å². The Hall–Kier alpha value is -0.940. The highest BCUT2D eigenvalue weighted by atomic mass is 32.1. The average molecular weight is 270 g/mol. The van der Waals surface area contributed by atoms with Crippen LogP contribution < -0.4 is 5.32 Å². The Morgan fingerprint density at radius 2 is 2.22 bits per heavy atom. The molecule has 0 bridgehead atoms. The molecule has 0 aliphatic heterocycles. The molecule has 0 atom stereocenters. The maximum Gasteiger partial charge on any atom is 0.303 e. The van der Waals surface area contributed by atoms with E-state index in [1.807, 2.05) is 12.3 Å². The number of hydrogen-bond acceptors (Lipinski definition) is 4. The predicted molar refractivity (Wildman–Crippen MR) is 73.8 cm³/mol. The van der Waals surface area contributed by atoms with Crippen molar-refractivity contribution < 1.29 is 9.90 Å². The summed E-state index contributed by atoms with van der Waals surface area (Å²) in [6, 6.07) is 0. The molecular weight excluding hydrogens is 248 g/mol. The molecule has 0 unspecified atom stereocenters. The SMILES string of the molecule is Cc1csc(CNCCC(C)(C)CCC(=O)O)n1. The normalized spacial score (nSPS) is 11.7. The van der Waals surface area contributed by atoms with Gasteiger partial charge in [-0.2, -0.15) is 0 Å². The summed E-state index contributed by atoms with van der Waals surface area (Å²) < 4.78 is 0. The van der Waals surface area contributed by atoms with Gasteiger partial charge in [0.15, 0.2) is 0 Å². The zero-order valence-electron chi connectivity index (χ0n) is 11.3. The van der Waals surface area contributed by atoms with Crippen molar-refractivity contribution in [3.05, 3.63) is 16.1 Å². The number of aliphatic carboxylic acids is 1. The maximum atomic E-state index is 10.5. The second-order valence-corrected chi connectivity index (χ2v) is 6.31. The molecule has 1 aromatic heterocycles. The first kappa shape index (κ1) is 15.1. The van der Waals surface area contributed by atoms with Crippen LogP contribution in [0.15, 0.2) is 5.38 Å². The number of carbonyl (C=O) groups is 1. The van der Waals surface area contributed by atoms with Gasteiger partial charge >= 0.3 is 5.97 Å². The number of nitrogens with one attached hydrogen (secondary N) is 1. The van der Waals surface area contributed by atoms with E-state index in [2.05, 4.69) is 24.1 Å². The Bertz CT molecular complexity index is 388. The van der Waals surface area contributed by atoms with Crippen LogP contribution in [0.4, 0.5) is 0 Å². The Kier molecular flexibility index (Phi) is 5.75. The van der Waals surface area contributed by atoms with Gasteiger partial charge in [0.2, 0.25) is 0 Å². The molecule has 0 fully saturated rings. The number of aromatic nitrogens is 1. The Balaban J connectivity index is 2.18. The summed E-state index contributed by atoms with van der Waals surface area (Å²) in [5.74, 6) is -0.714. The maximum absolute atomic E-state index is 10.5. The van der Waals surface area contributed by atoms with Crippen molar-refractivity contribution in [3.63, 3.8) is 0 Å². The Morgan fingerprint density at radius 3 is 2.78 bits per heavy atom. The van der Waals surface area contributed by atoms with Crippen molar-refractivity contribution in [1.29, 1.82) is 0 Å². The van der Waals surface area contributed by atoms with Gasteiger partial charge in [0, 0.05) is 24.0 Å². The molecule has 1 heterocycles. The summed E-state index contributed by atoms with van der Waals surface area (Å²) in [6.45, 7) is 7.92. The Labute approximate surface area is 112 Å². The van der Waals surface area contributed by atoms with Crippen LogP contribution in [0.2, 0.25) is 0 Å². The van der Waals surface area contributed by atoms with Gasteiger partial charge < -0.3 is 10.4 Å². The van der Waals surface area contributed by atoms with Gasteiger partial charge in [0.05, 0.1) is 0 Å². The first-order chi connectivity index (χ1) is 8.39. The van der Waals surface area contributed by atoms with Gasteiger partial charge in [-0.15, -0.1) is 11.3 Å². The number of nitrogens with zero attached hydrogens (tertiary/aromatic N) is 1. The van der Waals surface area contributed by atoms with E-state index in [1.54, 1.807) is 11.3 Å². The third-order valence-electron chi connectivity index (χ3n) is 2.94. The van der Waals surface area contributed by atoms with Crippen molar-refractivity contribution in [2.45, 2.75) is 46.6 Å². The molecule has 5 heteroatoms. The third-order valence-corrected chi connectivity index (χ3v) is 3.90. The fourth-order valence-corrected chi connectivity index (χ4v) is 2.42. The van der Waals surface area contributed by atoms with Crippen molar-refractivity contribution >= 4 is 17.3 Å². The first-order valence-corrected chi connectivity index (χ1v) is 7.10. The van der Waals surface area contributed by atoms with E-state index in [-0.39, 0.29) is 11.8 Å². The highest BCUT2D eigenvalue weighted by Gasteiger charge is 2.18. The molecule has 0 saturated heterocycles. The van der Waals surface area contributed by atoms with Gasteiger partial charge in [0.25, 0.3) is 0 Å². The highest BCUT2D eigenvalue weighted by molar-refractivity contribution is 7.09. The zero-order valence-corrected chi connectivity index (χ0v) is 12.1. The number of rotatable bonds is 8. The molecule has 102 valence electrons. The number of thiazole rings is 1.